The topological polar surface area (TPSA) is 99.4 Å². The second kappa shape index (κ2) is 10.2. The highest BCUT2D eigenvalue weighted by Gasteiger charge is 2.29. The van der Waals surface area contributed by atoms with E-state index in [9.17, 15) is 18.0 Å². The molecule has 30 heavy (non-hydrogen) atoms. The number of nitrogens with zero attached hydrogens (tertiary/aromatic N) is 2. The molecular weight excluding hydrogens is 401 g/mol. The number of pyridine rings is 2. The van der Waals surface area contributed by atoms with Crippen molar-refractivity contribution in [1.82, 2.24) is 9.97 Å². The Morgan fingerprint density at radius 2 is 2.03 bits per heavy atom. The Morgan fingerprint density at radius 3 is 2.63 bits per heavy atom. The number of methoxy groups -OCH3 is 1. The van der Waals surface area contributed by atoms with E-state index in [1.54, 1.807) is 6.07 Å². The fraction of sp³-hybridized carbons (Fsp3) is 0.450. The lowest BCUT2D eigenvalue weighted by Gasteiger charge is -2.28. The Bertz CT molecular complexity index is 867. The highest BCUT2D eigenvalue weighted by Crippen LogP contribution is 2.31. The maximum Gasteiger partial charge on any atom is 0.412 e. The minimum absolute atomic E-state index is 0.115. The van der Waals surface area contributed by atoms with Crippen LogP contribution >= 0.6 is 0 Å². The molecule has 0 aliphatic rings. The van der Waals surface area contributed by atoms with Crippen molar-refractivity contribution in [3.05, 3.63) is 36.2 Å². The predicted octanol–water partition coefficient (Wildman–Crippen LogP) is 4.35. The number of rotatable bonds is 9. The van der Waals surface area contributed by atoms with E-state index in [0.29, 0.717) is 12.0 Å². The zero-order valence-corrected chi connectivity index (χ0v) is 17.0. The standard InChI is InChI=1S/C20H25F3N4O3/c1-12(2)9-20(24,10-21)11-30-15-5-4-14(26-17(15)18(22)23)13-6-7-25-16(8-13)27-19(28)29-3/h4-8,12,18H,9-11,24H2,1-3H3,(H,25,27,28). The van der Waals surface area contributed by atoms with E-state index in [2.05, 4.69) is 20.0 Å². The minimum atomic E-state index is -2.92. The molecule has 2 rings (SSSR count). The molecule has 0 aromatic carbocycles. The number of nitrogens with one attached hydrogen (secondary N) is 1. The molecule has 0 radical (unpaired) electrons. The Kier molecular flexibility index (Phi) is 7.99. The Hall–Kier alpha value is -2.88. The monoisotopic (exact) mass is 426 g/mol. The highest BCUT2D eigenvalue weighted by atomic mass is 19.3. The lowest BCUT2D eigenvalue weighted by molar-refractivity contribution is 0.127. The first-order chi connectivity index (χ1) is 14.2. The summed E-state index contributed by atoms with van der Waals surface area (Å²) in [7, 11) is 1.20. The van der Waals surface area contributed by atoms with Gasteiger partial charge in [-0.2, -0.15) is 0 Å². The first-order valence-corrected chi connectivity index (χ1v) is 9.25. The second-order valence-electron chi connectivity index (χ2n) is 7.31. The number of carbonyl (C=O) groups excluding carboxylic acids is 1. The van der Waals surface area contributed by atoms with Crippen LogP contribution in [0.1, 0.15) is 32.4 Å². The largest absolute Gasteiger partial charge is 0.489 e. The molecule has 7 nitrogen and oxygen atoms in total. The van der Waals surface area contributed by atoms with Crippen molar-refractivity contribution >= 4 is 11.9 Å². The van der Waals surface area contributed by atoms with Gasteiger partial charge in [-0.05, 0) is 36.6 Å². The number of nitrogens with two attached hydrogens (primary N) is 1. The van der Waals surface area contributed by atoms with E-state index in [0.717, 1.165) is 0 Å². The van der Waals surface area contributed by atoms with Gasteiger partial charge >= 0.3 is 6.09 Å². The van der Waals surface area contributed by atoms with Crippen LogP contribution in [-0.2, 0) is 4.74 Å². The van der Waals surface area contributed by atoms with Crippen molar-refractivity contribution in [1.29, 1.82) is 0 Å². The lowest BCUT2D eigenvalue weighted by Crippen LogP contribution is -2.49. The number of amides is 1. The highest BCUT2D eigenvalue weighted by molar-refractivity contribution is 5.84. The number of alkyl halides is 3. The fourth-order valence-corrected chi connectivity index (χ4v) is 2.90. The van der Waals surface area contributed by atoms with Crippen molar-refractivity contribution in [3.8, 4) is 17.0 Å². The number of aromatic nitrogens is 2. The Labute approximate surface area is 172 Å². The van der Waals surface area contributed by atoms with Crippen LogP contribution < -0.4 is 15.8 Å². The summed E-state index contributed by atoms with van der Waals surface area (Å²) in [4.78, 5) is 19.3. The van der Waals surface area contributed by atoms with Crippen LogP contribution in [-0.4, -0.2) is 42.0 Å². The molecule has 3 N–H and O–H groups in total. The Morgan fingerprint density at radius 1 is 1.30 bits per heavy atom. The van der Waals surface area contributed by atoms with Gasteiger partial charge in [0.25, 0.3) is 6.43 Å². The summed E-state index contributed by atoms with van der Waals surface area (Å²) in [5.74, 6) is 0.122. The zero-order chi connectivity index (χ0) is 22.3. The third kappa shape index (κ3) is 6.31. The average molecular weight is 426 g/mol. The zero-order valence-electron chi connectivity index (χ0n) is 17.0. The number of anilines is 1. The van der Waals surface area contributed by atoms with Crippen LogP contribution in [0.25, 0.3) is 11.3 Å². The number of hydrogen-bond donors (Lipinski definition) is 2. The average Bonchev–Trinajstić information content (AvgIpc) is 2.71. The van der Waals surface area contributed by atoms with Crippen LogP contribution in [0, 0.1) is 5.92 Å². The third-order valence-corrected chi connectivity index (χ3v) is 4.16. The van der Waals surface area contributed by atoms with Gasteiger partial charge in [0.15, 0.2) is 0 Å². The Balaban J connectivity index is 2.27. The summed E-state index contributed by atoms with van der Waals surface area (Å²) < 4.78 is 50.5. The van der Waals surface area contributed by atoms with Crippen LogP contribution in [0.5, 0.6) is 5.75 Å². The maximum atomic E-state index is 13.6. The van der Waals surface area contributed by atoms with E-state index in [-0.39, 0.29) is 29.8 Å². The summed E-state index contributed by atoms with van der Waals surface area (Å²) in [5, 5.41) is 2.39. The molecule has 1 unspecified atom stereocenters. The van der Waals surface area contributed by atoms with Crippen LogP contribution in [0.15, 0.2) is 30.5 Å². The smallest absolute Gasteiger partial charge is 0.412 e. The summed E-state index contributed by atoms with van der Waals surface area (Å²) in [6.07, 6.45) is -1.90. The van der Waals surface area contributed by atoms with Crippen LogP contribution in [0.3, 0.4) is 0 Å². The summed E-state index contributed by atoms with van der Waals surface area (Å²) in [6.45, 7) is 2.67. The predicted molar refractivity (Wildman–Crippen MR) is 106 cm³/mol. The van der Waals surface area contributed by atoms with Crippen LogP contribution in [0.2, 0.25) is 0 Å². The molecule has 0 spiro atoms. The molecule has 2 aromatic rings. The van der Waals surface area contributed by atoms with Crippen molar-refractivity contribution in [2.45, 2.75) is 32.2 Å². The number of hydrogen-bond acceptors (Lipinski definition) is 6. The quantitative estimate of drug-likeness (QED) is 0.618. The molecule has 1 amide bonds. The molecule has 0 fully saturated rings. The number of halogens is 3. The van der Waals surface area contributed by atoms with Crippen molar-refractivity contribution in [3.63, 3.8) is 0 Å². The number of ether oxygens (including phenoxy) is 2. The van der Waals surface area contributed by atoms with Gasteiger partial charge in [0.1, 0.15) is 30.5 Å². The van der Waals surface area contributed by atoms with Gasteiger partial charge in [0, 0.05) is 11.8 Å². The molecule has 164 valence electrons. The van der Waals surface area contributed by atoms with E-state index < -0.39 is 30.4 Å². The van der Waals surface area contributed by atoms with Crippen LogP contribution in [0.4, 0.5) is 23.8 Å². The molecule has 2 heterocycles. The van der Waals surface area contributed by atoms with Gasteiger partial charge in [-0.15, -0.1) is 0 Å². The molecule has 0 aliphatic carbocycles. The maximum absolute atomic E-state index is 13.6. The molecule has 0 saturated carbocycles. The summed E-state index contributed by atoms with van der Waals surface area (Å²) in [5.41, 5.74) is 4.81. The van der Waals surface area contributed by atoms with E-state index >= 15 is 0 Å². The molecule has 10 heteroatoms. The molecule has 1 atom stereocenters. The van der Waals surface area contributed by atoms with E-state index in [1.807, 2.05) is 13.8 Å². The SMILES string of the molecule is COC(=O)Nc1cc(-c2ccc(OCC(N)(CF)CC(C)C)c(C(F)F)n2)ccn1. The van der Waals surface area contributed by atoms with Gasteiger partial charge in [0.2, 0.25) is 0 Å². The van der Waals surface area contributed by atoms with Crippen molar-refractivity contribution in [2.24, 2.45) is 11.7 Å². The molecule has 0 bridgehead atoms. The molecule has 0 aliphatic heterocycles. The van der Waals surface area contributed by atoms with Gasteiger partial charge < -0.3 is 15.2 Å². The first-order valence-electron chi connectivity index (χ1n) is 9.25. The fourth-order valence-electron chi connectivity index (χ4n) is 2.90. The molecular formula is C20H25F3N4O3. The van der Waals surface area contributed by atoms with Gasteiger partial charge in [-0.1, -0.05) is 13.8 Å². The van der Waals surface area contributed by atoms with Crippen molar-refractivity contribution in [2.75, 3.05) is 25.7 Å². The second-order valence-corrected chi connectivity index (χ2v) is 7.31. The third-order valence-electron chi connectivity index (χ3n) is 4.16. The van der Waals surface area contributed by atoms with Crippen molar-refractivity contribution < 1.29 is 27.4 Å². The lowest BCUT2D eigenvalue weighted by atomic mass is 9.92. The van der Waals surface area contributed by atoms with Gasteiger partial charge in [-0.3, -0.25) is 5.32 Å². The number of carbonyl (C=O) groups is 1. The molecule has 0 saturated heterocycles. The van der Waals surface area contributed by atoms with E-state index in [1.165, 1.54) is 31.5 Å². The summed E-state index contributed by atoms with van der Waals surface area (Å²) in [6, 6.07) is 5.84. The minimum Gasteiger partial charge on any atom is -0.489 e. The first kappa shape index (κ1) is 23.4. The summed E-state index contributed by atoms with van der Waals surface area (Å²) >= 11 is 0. The van der Waals surface area contributed by atoms with Gasteiger partial charge in [-0.25, -0.2) is 27.9 Å². The molecule has 2 aromatic heterocycles. The van der Waals surface area contributed by atoms with E-state index in [4.69, 9.17) is 10.5 Å². The van der Waals surface area contributed by atoms with Gasteiger partial charge in [0.05, 0.1) is 18.3 Å². The normalized spacial score (nSPS) is 13.2.